The van der Waals surface area contributed by atoms with E-state index in [1.165, 1.54) is 22.0 Å². The minimum absolute atomic E-state index is 0.00395. The molecule has 0 aliphatic rings. The Balaban J connectivity index is 1.34. The van der Waals surface area contributed by atoms with E-state index < -0.39 is 5.60 Å². The summed E-state index contributed by atoms with van der Waals surface area (Å²) in [4.78, 5) is 32.3. The summed E-state index contributed by atoms with van der Waals surface area (Å²) in [6, 6.07) is 18.3. The molecule has 0 bridgehead atoms. The van der Waals surface area contributed by atoms with Crippen molar-refractivity contribution in [3.05, 3.63) is 70.6 Å². The molecule has 3 rings (SSSR count). The number of aryl methyl sites for hydroxylation is 1. The molecule has 3 aromatic rings. The number of fused-ring (bicyclic) bond motifs is 1. The highest BCUT2D eigenvalue weighted by atomic mass is 32.1. The monoisotopic (exact) mass is 481 g/mol. The highest BCUT2D eigenvalue weighted by Crippen LogP contribution is 2.25. The van der Waals surface area contributed by atoms with E-state index in [0.29, 0.717) is 13.1 Å². The number of amides is 2. The highest BCUT2D eigenvalue weighted by Gasteiger charge is 2.16. The maximum absolute atomic E-state index is 12.4. The largest absolute Gasteiger partial charge is 0.350 e. The maximum Gasteiger partial charge on any atom is 0.261 e. The van der Waals surface area contributed by atoms with Gasteiger partial charge in [-0.1, -0.05) is 42.5 Å². The normalized spacial score (nSPS) is 11.7. The Kier molecular flexibility index (Phi) is 9.21. The van der Waals surface area contributed by atoms with Gasteiger partial charge in [0, 0.05) is 17.8 Å². The number of hydrogen-bond donors (Lipinski definition) is 1. The van der Waals surface area contributed by atoms with E-state index >= 15 is 0 Å². The predicted octanol–water partition coefficient (Wildman–Crippen LogP) is 4.88. The van der Waals surface area contributed by atoms with Crippen molar-refractivity contribution >= 4 is 33.7 Å². The lowest BCUT2D eigenvalue weighted by Gasteiger charge is -2.26. The number of carbonyl (C=O) groups excluding carboxylic acids is 2. The molecule has 0 aliphatic heterocycles. The van der Waals surface area contributed by atoms with Gasteiger partial charge in [-0.15, -0.1) is 11.3 Å². The summed E-state index contributed by atoms with van der Waals surface area (Å²) >= 11 is 1.53. The molecule has 0 aliphatic carbocycles. The first-order chi connectivity index (χ1) is 16.2. The number of likely N-dealkylation sites (N-methyl/N-ethyl adjacent to an activating group) is 1. The van der Waals surface area contributed by atoms with Gasteiger partial charge in [0.2, 0.25) is 6.41 Å². The van der Waals surface area contributed by atoms with Gasteiger partial charge in [0.15, 0.2) is 0 Å². The summed E-state index contributed by atoms with van der Waals surface area (Å²) in [7, 11) is 2.08. The fourth-order valence-corrected chi connectivity index (χ4v) is 4.62. The molecule has 0 atom stereocenters. The zero-order valence-electron chi connectivity index (χ0n) is 20.5. The molecule has 1 N–H and O–H groups in total. The van der Waals surface area contributed by atoms with Crippen molar-refractivity contribution in [3.8, 4) is 0 Å². The molecule has 0 unspecified atom stereocenters. The summed E-state index contributed by atoms with van der Waals surface area (Å²) in [5.41, 5.74) is 1.89. The van der Waals surface area contributed by atoms with Gasteiger partial charge in [0.05, 0.1) is 17.0 Å². The lowest BCUT2D eigenvalue weighted by Crippen LogP contribution is -2.33. The lowest BCUT2D eigenvalue weighted by molar-refractivity contribution is -0.220. The zero-order chi connectivity index (χ0) is 24.6. The summed E-state index contributed by atoms with van der Waals surface area (Å²) in [6.07, 6.45) is 2.74. The fourth-order valence-electron chi connectivity index (χ4n) is 3.64. The number of thiophene rings is 1. The second-order valence-electron chi connectivity index (χ2n) is 9.51. The van der Waals surface area contributed by atoms with Crippen molar-refractivity contribution in [2.45, 2.75) is 45.8 Å². The van der Waals surface area contributed by atoms with Crippen molar-refractivity contribution in [1.29, 1.82) is 0 Å². The number of hydroxylamine groups is 2. The van der Waals surface area contributed by atoms with E-state index in [-0.39, 0.29) is 5.91 Å². The Morgan fingerprint density at radius 1 is 1.06 bits per heavy atom. The molecule has 6 nitrogen and oxygen atoms in total. The highest BCUT2D eigenvalue weighted by molar-refractivity contribution is 7.20. The first-order valence-electron chi connectivity index (χ1n) is 11.7. The van der Waals surface area contributed by atoms with Crippen molar-refractivity contribution in [2.24, 2.45) is 0 Å². The summed E-state index contributed by atoms with van der Waals surface area (Å²) in [5, 5.41) is 5.48. The molecule has 7 heteroatoms. The molecule has 0 saturated heterocycles. The van der Waals surface area contributed by atoms with Gasteiger partial charge in [-0.3, -0.25) is 14.4 Å². The first kappa shape index (κ1) is 25.9. The maximum atomic E-state index is 12.4. The molecule has 0 spiro atoms. The van der Waals surface area contributed by atoms with Crippen molar-refractivity contribution in [3.63, 3.8) is 0 Å². The van der Waals surface area contributed by atoms with Crippen LogP contribution in [0, 0.1) is 0 Å². The molecule has 0 radical (unpaired) electrons. The van der Waals surface area contributed by atoms with E-state index in [9.17, 15) is 9.59 Å². The third-order valence-corrected chi connectivity index (χ3v) is 6.42. The Morgan fingerprint density at radius 2 is 1.76 bits per heavy atom. The van der Waals surface area contributed by atoms with Crippen LogP contribution in [0.4, 0.5) is 0 Å². The van der Waals surface area contributed by atoms with Crippen LogP contribution < -0.4 is 5.32 Å². The Morgan fingerprint density at radius 3 is 2.44 bits per heavy atom. The van der Waals surface area contributed by atoms with Crippen LogP contribution in [-0.4, -0.2) is 54.6 Å². The number of carbonyl (C=O) groups is 2. The van der Waals surface area contributed by atoms with Crippen molar-refractivity contribution in [2.75, 3.05) is 26.7 Å². The number of rotatable bonds is 12. The smallest absolute Gasteiger partial charge is 0.261 e. The molecule has 1 aromatic heterocycles. The minimum Gasteiger partial charge on any atom is -0.350 e. The van der Waals surface area contributed by atoms with Crippen LogP contribution in [0.1, 0.15) is 48.0 Å². The fraction of sp³-hybridized carbons (Fsp3) is 0.407. The average Bonchev–Trinajstić information content (AvgIpc) is 3.23. The minimum atomic E-state index is -0.408. The number of nitrogens with zero attached hydrogens (tertiary/aromatic N) is 2. The van der Waals surface area contributed by atoms with Crippen LogP contribution in [0.5, 0.6) is 0 Å². The molecule has 182 valence electrons. The van der Waals surface area contributed by atoms with Crippen LogP contribution in [0.15, 0.2) is 54.6 Å². The zero-order valence-corrected chi connectivity index (χ0v) is 21.4. The second kappa shape index (κ2) is 12.1. The van der Waals surface area contributed by atoms with E-state index in [0.717, 1.165) is 52.9 Å². The van der Waals surface area contributed by atoms with Crippen LogP contribution in [0.2, 0.25) is 0 Å². The topological polar surface area (TPSA) is 61.9 Å². The summed E-state index contributed by atoms with van der Waals surface area (Å²) < 4.78 is 1.14. The van der Waals surface area contributed by atoms with E-state index in [4.69, 9.17) is 4.84 Å². The number of hydrogen-bond acceptors (Lipinski definition) is 5. The molecular formula is C27H35N3O3S. The van der Waals surface area contributed by atoms with Crippen LogP contribution >= 0.6 is 11.3 Å². The van der Waals surface area contributed by atoms with E-state index in [1.54, 1.807) is 0 Å². The van der Waals surface area contributed by atoms with Crippen LogP contribution in [0.25, 0.3) is 10.1 Å². The SMILES string of the molecule is CN(CCCc1ccc(CN(C=O)OC(C)(C)C)cc1)CCNC(=O)c1cc2ccccc2s1. The summed E-state index contributed by atoms with van der Waals surface area (Å²) in [5.74, 6) is -0.00395. The second-order valence-corrected chi connectivity index (χ2v) is 10.6. The third kappa shape index (κ3) is 8.24. The Hall–Kier alpha value is -2.74. The molecule has 34 heavy (non-hydrogen) atoms. The molecule has 2 aromatic carbocycles. The quantitative estimate of drug-likeness (QED) is 0.296. The number of benzene rings is 2. The van der Waals surface area contributed by atoms with Crippen LogP contribution in [0.3, 0.4) is 0 Å². The molecule has 0 saturated carbocycles. The van der Waals surface area contributed by atoms with Crippen molar-refractivity contribution in [1.82, 2.24) is 15.3 Å². The molecule has 0 fully saturated rings. The predicted molar refractivity (Wildman–Crippen MR) is 139 cm³/mol. The third-order valence-electron chi connectivity index (χ3n) is 5.30. The van der Waals surface area contributed by atoms with Gasteiger partial charge in [-0.25, -0.2) is 5.06 Å². The van der Waals surface area contributed by atoms with E-state index in [2.05, 4.69) is 29.4 Å². The Bertz CT molecular complexity index is 1040. The standard InChI is InChI=1S/C27H35N3O3S/c1-27(2,3)33-30(20-31)19-22-13-11-21(12-14-22)8-7-16-29(4)17-15-28-26(32)25-18-23-9-5-6-10-24(23)34-25/h5-6,9-14,18,20H,7-8,15-17,19H2,1-4H3,(H,28,32). The molecule has 2 amide bonds. The van der Waals surface area contributed by atoms with Gasteiger partial charge < -0.3 is 10.2 Å². The van der Waals surface area contributed by atoms with Crippen molar-refractivity contribution < 1.29 is 14.4 Å². The number of nitrogens with one attached hydrogen (secondary N) is 1. The lowest BCUT2D eigenvalue weighted by atomic mass is 10.1. The molecular weight excluding hydrogens is 446 g/mol. The van der Waals surface area contributed by atoms with Gasteiger partial charge >= 0.3 is 0 Å². The van der Waals surface area contributed by atoms with Crippen LogP contribution in [-0.2, 0) is 22.6 Å². The average molecular weight is 482 g/mol. The summed E-state index contributed by atoms with van der Waals surface area (Å²) in [6.45, 7) is 8.58. The molecule has 1 heterocycles. The Labute approximate surface area is 206 Å². The van der Waals surface area contributed by atoms with Gasteiger partial charge in [0.25, 0.3) is 5.91 Å². The first-order valence-corrected chi connectivity index (χ1v) is 12.5. The van der Waals surface area contributed by atoms with Gasteiger partial charge in [-0.05, 0) is 75.9 Å². The van der Waals surface area contributed by atoms with E-state index in [1.807, 2.05) is 63.2 Å². The van der Waals surface area contributed by atoms with Gasteiger partial charge in [0.1, 0.15) is 0 Å². The van der Waals surface area contributed by atoms with Gasteiger partial charge in [-0.2, -0.15) is 0 Å².